The molecule has 1 unspecified atom stereocenters. The lowest BCUT2D eigenvalue weighted by molar-refractivity contribution is -0.647. The number of Topliss-reactive ketones (excluding diaryl/α,β-unsaturated/α-hetero) is 1. The van der Waals surface area contributed by atoms with Crippen molar-refractivity contribution >= 4 is 34.5 Å². The molecular formula is C24H28N3O+. The first kappa shape index (κ1) is 19.8. The lowest BCUT2D eigenvalue weighted by Gasteiger charge is -2.13. The van der Waals surface area contributed by atoms with E-state index in [1.807, 2.05) is 72.3 Å². The van der Waals surface area contributed by atoms with Gasteiger partial charge in [-0.1, -0.05) is 50.3 Å². The summed E-state index contributed by atoms with van der Waals surface area (Å²) in [5.41, 5.74) is 16.4. The fourth-order valence-electron chi connectivity index (χ4n) is 3.43. The number of nitrogens with zero attached hydrogens (tertiary/aromatic N) is 1. The Morgan fingerprint density at radius 3 is 2.43 bits per heavy atom. The molecule has 3 aromatic rings. The van der Waals surface area contributed by atoms with Crippen LogP contribution in [0.25, 0.3) is 23.1 Å². The Bertz CT molecular complexity index is 1020. The van der Waals surface area contributed by atoms with Crippen molar-refractivity contribution in [2.75, 3.05) is 5.73 Å². The van der Waals surface area contributed by atoms with Gasteiger partial charge in [-0.15, -0.1) is 0 Å². The normalized spacial score (nSPS) is 12.8. The van der Waals surface area contributed by atoms with Crippen molar-refractivity contribution in [3.63, 3.8) is 0 Å². The van der Waals surface area contributed by atoms with Crippen LogP contribution < -0.4 is 16.0 Å². The molecule has 1 atom stereocenters. The predicted molar refractivity (Wildman–Crippen MR) is 117 cm³/mol. The van der Waals surface area contributed by atoms with E-state index in [1.54, 1.807) is 0 Å². The molecule has 0 fully saturated rings. The van der Waals surface area contributed by atoms with Crippen molar-refractivity contribution in [2.24, 2.45) is 18.7 Å². The maximum atomic E-state index is 13.0. The molecule has 0 spiro atoms. The number of carbonyl (C=O) groups excluding carboxylic acids is 1. The van der Waals surface area contributed by atoms with Crippen molar-refractivity contribution in [1.82, 2.24) is 0 Å². The van der Waals surface area contributed by atoms with Gasteiger partial charge in [0.2, 0.25) is 11.3 Å². The van der Waals surface area contributed by atoms with Gasteiger partial charge >= 0.3 is 0 Å². The fraction of sp³-hybridized carbons (Fsp3) is 0.250. The minimum Gasteiger partial charge on any atom is -0.399 e. The number of hydrogen-bond acceptors (Lipinski definition) is 3. The Balaban J connectivity index is 2.07. The molecule has 0 aliphatic heterocycles. The zero-order chi connectivity index (χ0) is 20.3. The Morgan fingerprint density at radius 1 is 1.07 bits per heavy atom. The zero-order valence-corrected chi connectivity index (χ0v) is 16.7. The van der Waals surface area contributed by atoms with E-state index in [-0.39, 0.29) is 5.78 Å². The van der Waals surface area contributed by atoms with Crippen LogP contribution in [0.2, 0.25) is 0 Å². The predicted octanol–water partition coefficient (Wildman–Crippen LogP) is 3.97. The van der Waals surface area contributed by atoms with Crippen LogP contribution >= 0.6 is 0 Å². The Labute approximate surface area is 166 Å². The number of hydrogen-bond donors (Lipinski definition) is 2. The van der Waals surface area contributed by atoms with Gasteiger partial charge in [-0.3, -0.25) is 4.79 Å². The second kappa shape index (κ2) is 8.36. The molecule has 4 nitrogen and oxygen atoms in total. The molecule has 0 saturated heterocycles. The van der Waals surface area contributed by atoms with E-state index >= 15 is 0 Å². The van der Waals surface area contributed by atoms with Gasteiger partial charge in [0.05, 0.1) is 11.4 Å². The molecular weight excluding hydrogens is 346 g/mol. The SMILES string of the molecule is CC(C)CC(N)C(=O)c1cc(C=Cc2ccc(N)cc2)c2ccccc2[n+]1C. The molecule has 2 aromatic carbocycles. The first-order valence-electron chi connectivity index (χ1n) is 9.62. The number of fused-ring (bicyclic) bond motifs is 1. The average molecular weight is 375 g/mol. The summed E-state index contributed by atoms with van der Waals surface area (Å²) in [6.45, 7) is 4.16. The molecule has 1 aromatic heterocycles. The Morgan fingerprint density at radius 2 is 1.75 bits per heavy atom. The summed E-state index contributed by atoms with van der Waals surface area (Å²) >= 11 is 0. The smallest absolute Gasteiger partial charge is 0.251 e. The highest BCUT2D eigenvalue weighted by molar-refractivity contribution is 6.00. The van der Waals surface area contributed by atoms with E-state index in [4.69, 9.17) is 11.5 Å². The number of pyridine rings is 1. The van der Waals surface area contributed by atoms with Crippen LogP contribution in [0.1, 0.15) is 41.9 Å². The van der Waals surface area contributed by atoms with Crippen molar-refractivity contribution in [1.29, 1.82) is 0 Å². The third-order valence-electron chi connectivity index (χ3n) is 4.94. The van der Waals surface area contributed by atoms with Crippen LogP contribution in [0, 0.1) is 5.92 Å². The maximum absolute atomic E-state index is 13.0. The summed E-state index contributed by atoms with van der Waals surface area (Å²) in [4.78, 5) is 13.0. The van der Waals surface area contributed by atoms with Gasteiger partial charge in [-0.05, 0) is 41.7 Å². The summed E-state index contributed by atoms with van der Waals surface area (Å²) in [6.07, 6.45) is 4.74. The second-order valence-corrected chi connectivity index (χ2v) is 7.66. The van der Waals surface area contributed by atoms with Crippen molar-refractivity contribution in [2.45, 2.75) is 26.3 Å². The molecule has 1 heterocycles. The standard InChI is InChI=1S/C24H27N3O/c1-16(2)14-21(26)24(28)23-15-18(11-8-17-9-12-19(25)13-10-17)20-6-4-5-7-22(20)27(23)3/h4-13,15-16,21,25H,14,26H2,1-3H3/p+1. The lowest BCUT2D eigenvalue weighted by Crippen LogP contribution is -2.43. The first-order valence-corrected chi connectivity index (χ1v) is 9.62. The molecule has 144 valence electrons. The maximum Gasteiger partial charge on any atom is 0.251 e. The topological polar surface area (TPSA) is 73.0 Å². The number of nitrogen functional groups attached to an aromatic ring is 1. The Kier molecular flexibility index (Phi) is 5.90. The van der Waals surface area contributed by atoms with Crippen LogP contribution in [0.3, 0.4) is 0 Å². The van der Waals surface area contributed by atoms with Gasteiger partial charge < -0.3 is 11.5 Å². The van der Waals surface area contributed by atoms with E-state index in [1.165, 1.54) is 0 Å². The van der Waals surface area contributed by atoms with Gasteiger partial charge in [0.1, 0.15) is 7.05 Å². The number of aryl methyl sites for hydroxylation is 1. The summed E-state index contributed by atoms with van der Waals surface area (Å²) < 4.78 is 1.94. The number of ketones is 1. The fourth-order valence-corrected chi connectivity index (χ4v) is 3.43. The average Bonchev–Trinajstić information content (AvgIpc) is 2.68. The highest BCUT2D eigenvalue weighted by atomic mass is 16.1. The van der Waals surface area contributed by atoms with Crippen LogP contribution in [0.15, 0.2) is 54.6 Å². The number of para-hydroxylation sites is 1. The molecule has 28 heavy (non-hydrogen) atoms. The number of carbonyl (C=O) groups is 1. The molecule has 0 amide bonds. The Hall–Kier alpha value is -2.98. The van der Waals surface area contributed by atoms with Gasteiger partial charge in [0.25, 0.3) is 5.69 Å². The minimum absolute atomic E-state index is 0.0240. The summed E-state index contributed by atoms with van der Waals surface area (Å²) in [5, 5.41) is 1.09. The molecule has 0 bridgehead atoms. The highest BCUT2D eigenvalue weighted by Crippen LogP contribution is 2.21. The number of aromatic nitrogens is 1. The van der Waals surface area contributed by atoms with Crippen molar-refractivity contribution < 1.29 is 9.36 Å². The van der Waals surface area contributed by atoms with Crippen molar-refractivity contribution in [3.8, 4) is 0 Å². The number of nitrogens with two attached hydrogens (primary N) is 2. The third kappa shape index (κ3) is 4.29. The van der Waals surface area contributed by atoms with Crippen LogP contribution in [0.5, 0.6) is 0 Å². The molecule has 0 saturated carbocycles. The highest BCUT2D eigenvalue weighted by Gasteiger charge is 2.26. The summed E-state index contributed by atoms with van der Waals surface area (Å²) in [7, 11) is 1.92. The van der Waals surface area contributed by atoms with Crippen LogP contribution in [0.4, 0.5) is 5.69 Å². The van der Waals surface area contributed by atoms with E-state index < -0.39 is 6.04 Å². The quantitative estimate of drug-likeness (QED) is 0.389. The molecule has 3 rings (SSSR count). The molecule has 0 radical (unpaired) electrons. The molecule has 4 heteroatoms. The molecule has 0 aliphatic rings. The van der Waals surface area contributed by atoms with Crippen molar-refractivity contribution in [3.05, 3.63) is 71.4 Å². The van der Waals surface area contributed by atoms with E-state index in [9.17, 15) is 4.79 Å². The van der Waals surface area contributed by atoms with Gasteiger partial charge in [0.15, 0.2) is 0 Å². The third-order valence-corrected chi connectivity index (χ3v) is 4.94. The van der Waals surface area contributed by atoms with Gasteiger partial charge in [-0.2, -0.15) is 4.57 Å². The number of rotatable bonds is 6. The van der Waals surface area contributed by atoms with E-state index in [0.717, 1.165) is 27.7 Å². The van der Waals surface area contributed by atoms with Crippen LogP contribution in [-0.4, -0.2) is 11.8 Å². The second-order valence-electron chi connectivity index (χ2n) is 7.66. The number of benzene rings is 2. The monoisotopic (exact) mass is 374 g/mol. The summed E-state index contributed by atoms with van der Waals surface area (Å²) in [6, 6.07) is 17.2. The van der Waals surface area contributed by atoms with E-state index in [2.05, 4.69) is 19.9 Å². The largest absolute Gasteiger partial charge is 0.399 e. The summed E-state index contributed by atoms with van der Waals surface area (Å²) in [5.74, 6) is 0.346. The van der Waals surface area contributed by atoms with Gasteiger partial charge in [0, 0.05) is 17.8 Å². The zero-order valence-electron chi connectivity index (χ0n) is 16.7. The van der Waals surface area contributed by atoms with E-state index in [0.29, 0.717) is 18.0 Å². The van der Waals surface area contributed by atoms with Gasteiger partial charge in [-0.25, -0.2) is 0 Å². The number of anilines is 1. The first-order chi connectivity index (χ1) is 13.4. The lowest BCUT2D eigenvalue weighted by atomic mass is 9.97. The molecule has 0 aliphatic carbocycles. The molecule has 4 N–H and O–H groups in total. The minimum atomic E-state index is -0.499. The van der Waals surface area contributed by atoms with Crippen LogP contribution in [-0.2, 0) is 7.05 Å².